The Bertz CT molecular complexity index is 726. The molecule has 0 amide bonds. The van der Waals surface area contributed by atoms with Crippen molar-refractivity contribution in [3.63, 3.8) is 0 Å². The molecule has 0 saturated carbocycles. The number of rotatable bonds is 6. The van der Waals surface area contributed by atoms with Gasteiger partial charge in [-0.15, -0.1) is 0 Å². The van der Waals surface area contributed by atoms with Crippen LogP contribution < -0.4 is 10.0 Å². The Balaban J connectivity index is 2.22. The third-order valence-electron chi connectivity index (χ3n) is 2.82. The number of hydrogen-bond donors (Lipinski definition) is 2. The van der Waals surface area contributed by atoms with E-state index in [-0.39, 0.29) is 5.09 Å². The summed E-state index contributed by atoms with van der Waals surface area (Å²) in [5, 5.41) is 2.99. The van der Waals surface area contributed by atoms with Gasteiger partial charge in [-0.3, -0.25) is 4.72 Å². The van der Waals surface area contributed by atoms with Gasteiger partial charge in [-0.2, -0.15) is 8.42 Å². The van der Waals surface area contributed by atoms with Crippen LogP contribution in [0.25, 0.3) is 0 Å². The van der Waals surface area contributed by atoms with E-state index in [0.717, 1.165) is 12.1 Å². The Morgan fingerprint density at radius 3 is 2.71 bits per heavy atom. The lowest BCUT2D eigenvalue weighted by atomic mass is 10.2. The fraction of sp³-hybridized carbons (Fsp3) is 0.286. The van der Waals surface area contributed by atoms with E-state index < -0.39 is 10.0 Å². The van der Waals surface area contributed by atoms with Crippen molar-refractivity contribution in [2.24, 2.45) is 0 Å². The Kier molecular flexibility index (Phi) is 5.08. The molecule has 0 bridgehead atoms. The predicted octanol–water partition coefficient (Wildman–Crippen LogP) is 3.26. The lowest BCUT2D eigenvalue weighted by Gasteiger charge is -2.08. The molecule has 0 aliphatic heterocycles. The molecular formula is C14H17BrN2O3S. The number of furan rings is 1. The maximum absolute atomic E-state index is 12.3. The topological polar surface area (TPSA) is 71.3 Å². The van der Waals surface area contributed by atoms with Crippen molar-refractivity contribution in [2.45, 2.75) is 25.5 Å². The van der Waals surface area contributed by atoms with Crippen molar-refractivity contribution < 1.29 is 12.8 Å². The smallest absolute Gasteiger partial charge is 0.295 e. The maximum Gasteiger partial charge on any atom is 0.295 e. The molecule has 0 fully saturated rings. The quantitative estimate of drug-likeness (QED) is 0.816. The van der Waals surface area contributed by atoms with Crippen LogP contribution in [0.2, 0.25) is 0 Å². The summed E-state index contributed by atoms with van der Waals surface area (Å²) >= 11 is 3.33. The first-order chi connectivity index (χ1) is 9.92. The minimum Gasteiger partial charge on any atom is -0.446 e. The van der Waals surface area contributed by atoms with E-state index in [1.54, 1.807) is 18.2 Å². The molecule has 1 heterocycles. The van der Waals surface area contributed by atoms with Crippen LogP contribution in [0.3, 0.4) is 0 Å². The van der Waals surface area contributed by atoms with Crippen LogP contribution >= 0.6 is 15.9 Å². The monoisotopic (exact) mass is 372 g/mol. The summed E-state index contributed by atoms with van der Waals surface area (Å²) in [6.07, 6.45) is 0. The van der Waals surface area contributed by atoms with Crippen molar-refractivity contribution in [1.82, 2.24) is 5.32 Å². The van der Waals surface area contributed by atoms with Gasteiger partial charge in [0.05, 0.1) is 12.2 Å². The molecule has 0 saturated heterocycles. The first kappa shape index (κ1) is 16.1. The van der Waals surface area contributed by atoms with Crippen LogP contribution in [0.1, 0.15) is 18.2 Å². The van der Waals surface area contributed by atoms with Crippen LogP contribution in [0.4, 0.5) is 5.69 Å². The van der Waals surface area contributed by atoms with Gasteiger partial charge >= 0.3 is 0 Å². The van der Waals surface area contributed by atoms with Gasteiger partial charge < -0.3 is 9.73 Å². The molecule has 21 heavy (non-hydrogen) atoms. The van der Waals surface area contributed by atoms with Gasteiger partial charge in [-0.05, 0) is 59.2 Å². The Hall–Kier alpha value is -1.31. The van der Waals surface area contributed by atoms with Gasteiger partial charge in [0.15, 0.2) is 0 Å². The molecule has 1 aromatic carbocycles. The zero-order valence-corrected chi connectivity index (χ0v) is 14.2. The van der Waals surface area contributed by atoms with E-state index in [9.17, 15) is 8.42 Å². The molecule has 1 aromatic heterocycles. The maximum atomic E-state index is 12.3. The van der Waals surface area contributed by atoms with Crippen LogP contribution in [-0.2, 0) is 16.6 Å². The molecule has 2 rings (SSSR count). The van der Waals surface area contributed by atoms with E-state index in [2.05, 4.69) is 26.0 Å². The Morgan fingerprint density at radius 2 is 2.00 bits per heavy atom. The number of halogens is 1. The zero-order chi connectivity index (χ0) is 15.5. The first-order valence-corrected chi connectivity index (χ1v) is 8.78. The minimum atomic E-state index is -3.73. The standard InChI is InChI=1S/C14H17BrN2O3S/c1-3-16-9-11-5-7-14(20-11)21(18,19)17-13-8-10(2)4-6-12(13)15/h4-8,16-17H,3,9H2,1-2H3. The number of aryl methyl sites for hydroxylation is 1. The van der Waals surface area contributed by atoms with Gasteiger partial charge in [-0.25, -0.2) is 0 Å². The zero-order valence-electron chi connectivity index (χ0n) is 11.8. The number of nitrogens with one attached hydrogen (secondary N) is 2. The lowest BCUT2D eigenvalue weighted by Crippen LogP contribution is -2.13. The van der Waals surface area contributed by atoms with E-state index in [1.807, 2.05) is 19.9 Å². The summed E-state index contributed by atoms with van der Waals surface area (Å²) in [4.78, 5) is 0. The molecule has 0 unspecified atom stereocenters. The molecule has 0 aliphatic carbocycles. The summed E-state index contributed by atoms with van der Waals surface area (Å²) in [6, 6.07) is 8.56. The van der Waals surface area contributed by atoms with Crippen LogP contribution in [0.15, 0.2) is 44.3 Å². The summed E-state index contributed by atoms with van der Waals surface area (Å²) in [7, 11) is -3.73. The van der Waals surface area contributed by atoms with Crippen molar-refractivity contribution in [1.29, 1.82) is 0 Å². The lowest BCUT2D eigenvalue weighted by molar-refractivity contribution is 0.405. The second-order valence-electron chi connectivity index (χ2n) is 4.59. The fourth-order valence-corrected chi connectivity index (χ4v) is 3.26. The summed E-state index contributed by atoms with van der Waals surface area (Å²) in [5.41, 5.74) is 1.45. The van der Waals surface area contributed by atoms with Gasteiger partial charge in [-0.1, -0.05) is 13.0 Å². The molecular weight excluding hydrogens is 356 g/mol. The Labute approximate surface area is 132 Å². The largest absolute Gasteiger partial charge is 0.446 e. The van der Waals surface area contributed by atoms with Crippen LogP contribution in [0, 0.1) is 6.92 Å². The van der Waals surface area contributed by atoms with Crippen LogP contribution in [0.5, 0.6) is 0 Å². The Morgan fingerprint density at radius 1 is 1.24 bits per heavy atom. The number of benzene rings is 1. The fourth-order valence-electron chi connectivity index (χ4n) is 1.76. The highest BCUT2D eigenvalue weighted by atomic mass is 79.9. The summed E-state index contributed by atoms with van der Waals surface area (Å²) in [6.45, 7) is 5.15. The highest BCUT2D eigenvalue weighted by Crippen LogP contribution is 2.26. The molecule has 2 N–H and O–H groups in total. The van der Waals surface area contributed by atoms with Gasteiger partial charge in [0.25, 0.3) is 10.0 Å². The second-order valence-corrected chi connectivity index (χ2v) is 7.06. The predicted molar refractivity (Wildman–Crippen MR) is 85.8 cm³/mol. The number of hydrogen-bond acceptors (Lipinski definition) is 4. The molecule has 114 valence electrons. The average Bonchev–Trinajstić information content (AvgIpc) is 2.90. The van der Waals surface area contributed by atoms with Gasteiger partial charge in [0, 0.05) is 4.47 Å². The molecule has 0 spiro atoms. The molecule has 0 aliphatic rings. The highest BCUT2D eigenvalue weighted by molar-refractivity contribution is 9.10. The first-order valence-electron chi connectivity index (χ1n) is 6.51. The molecule has 5 nitrogen and oxygen atoms in total. The van der Waals surface area contributed by atoms with E-state index in [4.69, 9.17) is 4.42 Å². The van der Waals surface area contributed by atoms with E-state index in [0.29, 0.717) is 22.5 Å². The van der Waals surface area contributed by atoms with Crippen LogP contribution in [-0.4, -0.2) is 15.0 Å². The molecule has 0 atom stereocenters. The SMILES string of the molecule is CCNCc1ccc(S(=O)(=O)Nc2cc(C)ccc2Br)o1. The minimum absolute atomic E-state index is 0.0937. The average molecular weight is 373 g/mol. The summed E-state index contributed by atoms with van der Waals surface area (Å²) < 4.78 is 33.2. The van der Waals surface area contributed by atoms with Crippen molar-refractivity contribution in [3.8, 4) is 0 Å². The molecule has 7 heteroatoms. The summed E-state index contributed by atoms with van der Waals surface area (Å²) in [5.74, 6) is 0.584. The van der Waals surface area contributed by atoms with E-state index in [1.165, 1.54) is 6.07 Å². The van der Waals surface area contributed by atoms with Crippen molar-refractivity contribution >= 4 is 31.6 Å². The molecule has 2 aromatic rings. The second kappa shape index (κ2) is 6.64. The third kappa shape index (κ3) is 4.09. The highest BCUT2D eigenvalue weighted by Gasteiger charge is 2.20. The molecule has 0 radical (unpaired) electrons. The third-order valence-corrected chi connectivity index (χ3v) is 4.75. The van der Waals surface area contributed by atoms with Crippen molar-refractivity contribution in [3.05, 3.63) is 46.1 Å². The van der Waals surface area contributed by atoms with Gasteiger partial charge in [0.2, 0.25) is 5.09 Å². The number of sulfonamides is 1. The van der Waals surface area contributed by atoms with Gasteiger partial charge in [0.1, 0.15) is 5.76 Å². The van der Waals surface area contributed by atoms with E-state index >= 15 is 0 Å². The number of anilines is 1. The van der Waals surface area contributed by atoms with Crippen molar-refractivity contribution in [2.75, 3.05) is 11.3 Å². The normalized spacial score (nSPS) is 11.6.